The van der Waals surface area contributed by atoms with E-state index < -0.39 is 0 Å². The molecule has 0 fully saturated rings. The van der Waals surface area contributed by atoms with Crippen LogP contribution in [0.2, 0.25) is 0 Å². The zero-order valence-electron chi connectivity index (χ0n) is 11.8. The van der Waals surface area contributed by atoms with Crippen LogP contribution in [0, 0.1) is 19.8 Å². The number of Topliss-reactive ketones (excluding diaryl/α,β-unsaturated/α-hetero) is 1. The summed E-state index contributed by atoms with van der Waals surface area (Å²) >= 11 is 0. The molecule has 0 aromatic heterocycles. The molecule has 0 saturated heterocycles. The van der Waals surface area contributed by atoms with Gasteiger partial charge in [-0.2, -0.15) is 0 Å². The predicted molar refractivity (Wildman–Crippen MR) is 73.3 cm³/mol. The molecule has 0 amide bonds. The Hall–Kier alpha value is -1.15. The quantitative estimate of drug-likeness (QED) is 0.762. The van der Waals surface area contributed by atoms with Crippen LogP contribution in [0.1, 0.15) is 46.5 Å². The van der Waals surface area contributed by atoms with E-state index >= 15 is 0 Å². The highest BCUT2D eigenvalue weighted by Crippen LogP contribution is 2.32. The van der Waals surface area contributed by atoms with Crippen LogP contribution in [-0.4, -0.2) is 19.0 Å². The van der Waals surface area contributed by atoms with Gasteiger partial charge in [-0.1, -0.05) is 13.0 Å². The largest absolute Gasteiger partial charge is 0.381 e. The van der Waals surface area contributed by atoms with Crippen LogP contribution >= 0.6 is 0 Å². The highest BCUT2D eigenvalue weighted by Gasteiger charge is 2.29. The Kier molecular flexibility index (Phi) is 3.86. The fraction of sp³-hybridized carbons (Fsp3) is 0.562. The van der Waals surface area contributed by atoms with Crippen LogP contribution < -0.4 is 0 Å². The molecule has 1 aromatic rings. The molecule has 1 aliphatic carbocycles. The van der Waals surface area contributed by atoms with E-state index in [9.17, 15) is 4.79 Å². The molecule has 98 valence electrons. The minimum Gasteiger partial charge on any atom is -0.381 e. The Bertz CT molecular complexity index is 474. The van der Waals surface area contributed by atoms with E-state index in [0.29, 0.717) is 5.78 Å². The minimum absolute atomic E-state index is 0.153. The third-order valence-electron chi connectivity index (χ3n) is 3.94. The summed E-state index contributed by atoms with van der Waals surface area (Å²) in [6, 6.07) is 2.20. The number of aryl methyl sites for hydroxylation is 1. The van der Waals surface area contributed by atoms with Gasteiger partial charge in [-0.15, -0.1) is 0 Å². The summed E-state index contributed by atoms with van der Waals surface area (Å²) in [5.74, 6) is 0.473. The van der Waals surface area contributed by atoms with Crippen molar-refractivity contribution in [2.24, 2.45) is 5.92 Å². The molecule has 0 bridgehead atoms. The van der Waals surface area contributed by atoms with E-state index in [1.165, 1.54) is 22.3 Å². The molecule has 1 atom stereocenters. The van der Waals surface area contributed by atoms with E-state index in [4.69, 9.17) is 4.74 Å². The van der Waals surface area contributed by atoms with Crippen LogP contribution in [-0.2, 0) is 17.6 Å². The van der Waals surface area contributed by atoms with E-state index in [0.717, 1.165) is 31.6 Å². The second kappa shape index (κ2) is 5.23. The lowest BCUT2D eigenvalue weighted by atomic mass is 9.92. The first-order chi connectivity index (χ1) is 8.56. The van der Waals surface area contributed by atoms with Crippen LogP contribution in [0.5, 0.6) is 0 Å². The molecule has 0 aliphatic heterocycles. The number of ether oxygens (including phenoxy) is 1. The first-order valence-corrected chi connectivity index (χ1v) is 6.80. The van der Waals surface area contributed by atoms with Crippen molar-refractivity contribution >= 4 is 5.78 Å². The van der Waals surface area contributed by atoms with Gasteiger partial charge < -0.3 is 4.74 Å². The number of rotatable bonds is 4. The summed E-state index contributed by atoms with van der Waals surface area (Å²) in [7, 11) is 0. The lowest BCUT2D eigenvalue weighted by Crippen LogP contribution is -2.08. The summed E-state index contributed by atoms with van der Waals surface area (Å²) < 4.78 is 5.43. The first kappa shape index (κ1) is 13.3. The topological polar surface area (TPSA) is 26.3 Å². The summed E-state index contributed by atoms with van der Waals surface area (Å²) in [4.78, 5) is 12.2. The maximum absolute atomic E-state index is 12.2. The molecule has 18 heavy (non-hydrogen) atoms. The SMILES string of the molecule is CCOCCc1c(C)cc2c(c1C)C(=O)C(C)C2. The molecule has 2 nitrogen and oxygen atoms in total. The standard InChI is InChI=1S/C16H22O2/c1-5-18-7-6-14-10(2)8-13-9-11(3)16(17)15(13)12(14)4/h8,11H,5-7,9H2,1-4H3. The Morgan fingerprint density at radius 1 is 1.39 bits per heavy atom. The second-order valence-corrected chi connectivity index (χ2v) is 5.25. The molecular formula is C16H22O2. The van der Waals surface area contributed by atoms with Gasteiger partial charge in [-0.05, 0) is 55.9 Å². The predicted octanol–water partition coefficient (Wildman–Crippen LogP) is 3.26. The van der Waals surface area contributed by atoms with Crippen molar-refractivity contribution in [2.75, 3.05) is 13.2 Å². The lowest BCUT2D eigenvalue weighted by molar-refractivity contribution is 0.0945. The third kappa shape index (κ3) is 2.22. The highest BCUT2D eigenvalue weighted by molar-refractivity contribution is 6.03. The molecular weight excluding hydrogens is 224 g/mol. The van der Waals surface area contributed by atoms with Gasteiger partial charge >= 0.3 is 0 Å². The fourth-order valence-corrected chi connectivity index (χ4v) is 2.98. The van der Waals surface area contributed by atoms with Gasteiger partial charge in [0, 0.05) is 18.1 Å². The van der Waals surface area contributed by atoms with Crippen molar-refractivity contribution in [3.8, 4) is 0 Å². The van der Waals surface area contributed by atoms with Gasteiger partial charge in [0.2, 0.25) is 0 Å². The van der Waals surface area contributed by atoms with Crippen molar-refractivity contribution in [1.29, 1.82) is 0 Å². The number of benzene rings is 1. The van der Waals surface area contributed by atoms with Gasteiger partial charge in [0.05, 0.1) is 6.61 Å². The van der Waals surface area contributed by atoms with Gasteiger partial charge in [-0.3, -0.25) is 4.79 Å². The first-order valence-electron chi connectivity index (χ1n) is 6.80. The fourth-order valence-electron chi connectivity index (χ4n) is 2.98. The van der Waals surface area contributed by atoms with Crippen LogP contribution in [0.15, 0.2) is 6.07 Å². The molecule has 1 aliphatic rings. The summed E-state index contributed by atoms with van der Waals surface area (Å²) in [5.41, 5.74) is 6.00. The molecule has 1 unspecified atom stereocenters. The number of hydrogen-bond acceptors (Lipinski definition) is 2. The number of carbonyl (C=O) groups excluding carboxylic acids is 1. The maximum Gasteiger partial charge on any atom is 0.166 e. The van der Waals surface area contributed by atoms with Crippen LogP contribution in [0.3, 0.4) is 0 Å². The maximum atomic E-state index is 12.2. The van der Waals surface area contributed by atoms with Crippen molar-refractivity contribution < 1.29 is 9.53 Å². The molecule has 0 spiro atoms. The number of hydrogen-bond donors (Lipinski definition) is 0. The molecule has 0 saturated carbocycles. The summed E-state index contributed by atoms with van der Waals surface area (Å²) in [6.45, 7) is 9.75. The van der Waals surface area contributed by atoms with Gasteiger partial charge in [0.15, 0.2) is 5.78 Å². The van der Waals surface area contributed by atoms with Gasteiger partial charge in [0.1, 0.15) is 0 Å². The highest BCUT2D eigenvalue weighted by atomic mass is 16.5. The molecule has 2 heteroatoms. The number of fused-ring (bicyclic) bond motifs is 1. The number of carbonyl (C=O) groups is 1. The van der Waals surface area contributed by atoms with Crippen LogP contribution in [0.25, 0.3) is 0 Å². The van der Waals surface area contributed by atoms with E-state index in [1.54, 1.807) is 0 Å². The molecule has 0 N–H and O–H groups in total. The second-order valence-electron chi connectivity index (χ2n) is 5.25. The minimum atomic E-state index is 0.153. The summed E-state index contributed by atoms with van der Waals surface area (Å²) in [5, 5.41) is 0. The number of ketones is 1. The summed E-state index contributed by atoms with van der Waals surface area (Å²) in [6.07, 6.45) is 1.81. The van der Waals surface area contributed by atoms with Gasteiger partial charge in [-0.25, -0.2) is 0 Å². The van der Waals surface area contributed by atoms with Crippen molar-refractivity contribution in [1.82, 2.24) is 0 Å². The van der Waals surface area contributed by atoms with E-state index in [2.05, 4.69) is 19.9 Å². The molecule has 0 heterocycles. The Balaban J connectivity index is 2.36. The Morgan fingerprint density at radius 3 is 2.78 bits per heavy atom. The van der Waals surface area contributed by atoms with Crippen molar-refractivity contribution in [3.05, 3.63) is 33.9 Å². The molecule has 0 radical (unpaired) electrons. The van der Waals surface area contributed by atoms with Crippen molar-refractivity contribution in [2.45, 2.75) is 40.5 Å². The third-order valence-corrected chi connectivity index (χ3v) is 3.94. The van der Waals surface area contributed by atoms with E-state index in [-0.39, 0.29) is 5.92 Å². The average Bonchev–Trinajstić information content (AvgIpc) is 2.59. The zero-order valence-corrected chi connectivity index (χ0v) is 11.8. The molecule has 2 rings (SSSR count). The average molecular weight is 246 g/mol. The Labute approximate surface area is 109 Å². The lowest BCUT2D eigenvalue weighted by Gasteiger charge is -2.14. The smallest absolute Gasteiger partial charge is 0.166 e. The normalized spacial score (nSPS) is 18.2. The Morgan fingerprint density at radius 2 is 2.11 bits per heavy atom. The molecule has 1 aromatic carbocycles. The van der Waals surface area contributed by atoms with Crippen LogP contribution in [0.4, 0.5) is 0 Å². The van der Waals surface area contributed by atoms with Crippen molar-refractivity contribution in [3.63, 3.8) is 0 Å². The monoisotopic (exact) mass is 246 g/mol. The zero-order chi connectivity index (χ0) is 13.3. The van der Waals surface area contributed by atoms with E-state index in [1.807, 2.05) is 13.8 Å². The van der Waals surface area contributed by atoms with Gasteiger partial charge in [0.25, 0.3) is 0 Å².